The predicted octanol–water partition coefficient (Wildman–Crippen LogP) is 3.45. The molecular weight excluding hydrogens is 340 g/mol. The molecule has 0 aliphatic heterocycles. The Kier molecular flexibility index (Phi) is 5.17. The number of ether oxygens (including phenoxy) is 1. The van der Waals surface area contributed by atoms with Gasteiger partial charge in [-0.25, -0.2) is 9.97 Å². The minimum atomic E-state index is -0.0951. The molecule has 2 saturated carbocycles. The van der Waals surface area contributed by atoms with Gasteiger partial charge in [-0.1, -0.05) is 13.3 Å². The monoisotopic (exact) mass is 370 g/mol. The quantitative estimate of drug-likeness (QED) is 0.791. The van der Waals surface area contributed by atoms with Gasteiger partial charge in [0, 0.05) is 24.0 Å². The molecule has 27 heavy (non-hydrogen) atoms. The van der Waals surface area contributed by atoms with Crippen LogP contribution in [-0.2, 0) is 4.74 Å². The highest BCUT2D eigenvalue weighted by Gasteiger charge is 2.44. The van der Waals surface area contributed by atoms with Gasteiger partial charge < -0.3 is 10.1 Å². The van der Waals surface area contributed by atoms with Crippen LogP contribution >= 0.6 is 0 Å². The highest BCUT2D eigenvalue weighted by atomic mass is 16.5. The molecule has 2 aromatic rings. The fourth-order valence-electron chi connectivity index (χ4n) is 4.90. The first-order valence-corrected chi connectivity index (χ1v) is 10.3. The van der Waals surface area contributed by atoms with Gasteiger partial charge in [-0.05, 0) is 63.9 Å². The van der Waals surface area contributed by atoms with E-state index in [0.717, 1.165) is 37.3 Å². The molecule has 4 rings (SSSR count). The van der Waals surface area contributed by atoms with Crippen LogP contribution in [-0.4, -0.2) is 39.0 Å². The first kappa shape index (κ1) is 18.4. The molecule has 0 aromatic carbocycles. The maximum absolute atomic E-state index is 13.0. The number of unbranched alkanes of at least 4 members (excludes halogenated alkanes) is 1. The maximum Gasteiger partial charge on any atom is 0.274 e. The minimum absolute atomic E-state index is 0.0951. The minimum Gasteiger partial charge on any atom is -0.378 e. The Hall–Kier alpha value is -1.95. The second-order valence-corrected chi connectivity index (χ2v) is 8.24. The van der Waals surface area contributed by atoms with Crippen LogP contribution < -0.4 is 5.32 Å². The van der Waals surface area contributed by atoms with E-state index in [9.17, 15) is 4.79 Å². The van der Waals surface area contributed by atoms with Crippen LogP contribution in [0.1, 0.15) is 67.3 Å². The number of carbonyl (C=O) groups is 1. The van der Waals surface area contributed by atoms with Crippen molar-refractivity contribution >= 4 is 11.6 Å². The van der Waals surface area contributed by atoms with Gasteiger partial charge in [-0.2, -0.15) is 0 Å². The molecule has 6 nitrogen and oxygen atoms in total. The lowest BCUT2D eigenvalue weighted by Crippen LogP contribution is -2.46. The number of amides is 1. The molecule has 0 spiro atoms. The van der Waals surface area contributed by atoms with E-state index in [1.807, 2.05) is 24.3 Å². The third-order valence-corrected chi connectivity index (χ3v) is 6.24. The Balaban J connectivity index is 1.45. The lowest BCUT2D eigenvalue weighted by atomic mass is 9.82. The van der Waals surface area contributed by atoms with Gasteiger partial charge in [0.2, 0.25) is 0 Å². The van der Waals surface area contributed by atoms with E-state index in [1.165, 1.54) is 19.3 Å². The van der Waals surface area contributed by atoms with Crippen LogP contribution in [0, 0.1) is 25.7 Å². The van der Waals surface area contributed by atoms with Crippen LogP contribution in [0.15, 0.2) is 12.4 Å². The summed E-state index contributed by atoms with van der Waals surface area (Å²) >= 11 is 0. The highest BCUT2D eigenvalue weighted by molar-refractivity contribution is 5.98. The number of fused-ring (bicyclic) bond motifs is 3. The summed E-state index contributed by atoms with van der Waals surface area (Å²) in [6, 6.07) is 2.24. The lowest BCUT2D eigenvalue weighted by molar-refractivity contribution is -0.00121. The van der Waals surface area contributed by atoms with E-state index in [4.69, 9.17) is 4.74 Å². The number of nitrogens with zero attached hydrogens (tertiary/aromatic N) is 3. The zero-order valence-corrected chi connectivity index (χ0v) is 16.6. The summed E-state index contributed by atoms with van der Waals surface area (Å²) in [5, 5.41) is 3.29. The molecule has 0 unspecified atom stereocenters. The van der Waals surface area contributed by atoms with Gasteiger partial charge >= 0.3 is 0 Å². The van der Waals surface area contributed by atoms with Crippen LogP contribution in [0.2, 0.25) is 0 Å². The number of carbonyl (C=O) groups excluding carboxylic acids is 1. The van der Waals surface area contributed by atoms with Crippen molar-refractivity contribution in [1.82, 2.24) is 19.7 Å². The SMILES string of the molecule is CCCCO[C@@H]1C[C@H]2CC[C@@H](C1)[C@H]2NC(=O)c1ncn2c(C)cc(C)nc12. The van der Waals surface area contributed by atoms with Crippen LogP contribution in [0.5, 0.6) is 0 Å². The second-order valence-electron chi connectivity index (χ2n) is 8.24. The van der Waals surface area contributed by atoms with Crippen molar-refractivity contribution in [3.63, 3.8) is 0 Å². The average molecular weight is 370 g/mol. The Morgan fingerprint density at radius 1 is 1.30 bits per heavy atom. The maximum atomic E-state index is 13.0. The van der Waals surface area contributed by atoms with Crippen LogP contribution in [0.3, 0.4) is 0 Å². The molecule has 2 aliphatic carbocycles. The topological polar surface area (TPSA) is 68.5 Å². The third kappa shape index (κ3) is 3.59. The smallest absolute Gasteiger partial charge is 0.274 e. The molecule has 2 fully saturated rings. The van der Waals surface area contributed by atoms with E-state index in [1.54, 1.807) is 6.33 Å². The van der Waals surface area contributed by atoms with Crippen LogP contribution in [0.25, 0.3) is 5.65 Å². The van der Waals surface area contributed by atoms with Gasteiger partial charge in [0.25, 0.3) is 5.91 Å². The Labute approximate surface area is 160 Å². The fourth-order valence-corrected chi connectivity index (χ4v) is 4.90. The van der Waals surface area contributed by atoms with Crippen molar-refractivity contribution in [2.24, 2.45) is 11.8 Å². The molecule has 4 atom stereocenters. The van der Waals surface area contributed by atoms with E-state index < -0.39 is 0 Å². The number of nitrogens with one attached hydrogen (secondary N) is 1. The molecule has 2 aliphatic rings. The number of aromatic nitrogens is 3. The molecule has 146 valence electrons. The molecule has 1 N–H and O–H groups in total. The van der Waals surface area contributed by atoms with Gasteiger partial charge in [0.1, 0.15) is 6.33 Å². The zero-order valence-electron chi connectivity index (χ0n) is 16.6. The molecule has 0 saturated heterocycles. The summed E-state index contributed by atoms with van der Waals surface area (Å²) in [7, 11) is 0. The summed E-state index contributed by atoms with van der Waals surface area (Å²) in [6.45, 7) is 7.01. The van der Waals surface area contributed by atoms with Gasteiger partial charge in [-0.15, -0.1) is 0 Å². The summed E-state index contributed by atoms with van der Waals surface area (Å²) in [4.78, 5) is 21.9. The molecule has 2 bridgehead atoms. The van der Waals surface area contributed by atoms with Gasteiger partial charge in [0.05, 0.1) is 6.10 Å². The van der Waals surface area contributed by atoms with E-state index >= 15 is 0 Å². The van der Waals surface area contributed by atoms with E-state index in [2.05, 4.69) is 22.2 Å². The molecule has 1 amide bonds. The molecule has 6 heteroatoms. The highest BCUT2D eigenvalue weighted by Crippen LogP contribution is 2.43. The number of imidazole rings is 1. The number of rotatable bonds is 6. The second kappa shape index (κ2) is 7.58. The molecule has 0 radical (unpaired) electrons. The normalized spacial score (nSPS) is 27.2. The lowest BCUT2D eigenvalue weighted by Gasteiger charge is -2.35. The average Bonchev–Trinajstić information content (AvgIpc) is 3.14. The molecule has 2 aromatic heterocycles. The number of hydrogen-bond acceptors (Lipinski definition) is 4. The summed E-state index contributed by atoms with van der Waals surface area (Å²) in [5.41, 5.74) is 3.02. The number of hydrogen-bond donors (Lipinski definition) is 1. The van der Waals surface area contributed by atoms with Crippen molar-refractivity contribution in [2.45, 2.75) is 71.4 Å². The summed E-state index contributed by atoms with van der Waals surface area (Å²) in [6.07, 6.45) is 8.85. The molecule has 2 heterocycles. The first-order valence-electron chi connectivity index (χ1n) is 10.3. The van der Waals surface area contributed by atoms with Gasteiger partial charge in [0.15, 0.2) is 11.3 Å². The number of aryl methyl sites for hydroxylation is 2. The van der Waals surface area contributed by atoms with Crippen molar-refractivity contribution in [3.8, 4) is 0 Å². The molecular formula is C21H30N4O2. The van der Waals surface area contributed by atoms with E-state index in [-0.39, 0.29) is 11.9 Å². The summed E-state index contributed by atoms with van der Waals surface area (Å²) in [5.74, 6) is 0.941. The third-order valence-electron chi connectivity index (χ3n) is 6.24. The van der Waals surface area contributed by atoms with Crippen molar-refractivity contribution in [1.29, 1.82) is 0 Å². The summed E-state index contributed by atoms with van der Waals surface area (Å²) < 4.78 is 7.96. The Morgan fingerprint density at radius 2 is 2.04 bits per heavy atom. The fraction of sp³-hybridized carbons (Fsp3) is 0.667. The zero-order chi connectivity index (χ0) is 19.0. The predicted molar refractivity (Wildman–Crippen MR) is 104 cm³/mol. The van der Waals surface area contributed by atoms with Crippen molar-refractivity contribution in [2.75, 3.05) is 6.61 Å². The van der Waals surface area contributed by atoms with Crippen molar-refractivity contribution < 1.29 is 9.53 Å². The van der Waals surface area contributed by atoms with E-state index in [0.29, 0.717) is 29.3 Å². The van der Waals surface area contributed by atoms with Crippen LogP contribution in [0.4, 0.5) is 0 Å². The van der Waals surface area contributed by atoms with Crippen molar-refractivity contribution in [3.05, 3.63) is 29.5 Å². The first-order chi connectivity index (χ1) is 13.1. The Morgan fingerprint density at radius 3 is 2.74 bits per heavy atom. The Bertz CT molecular complexity index is 817. The standard InChI is InChI=1S/C21H30N4O2/c1-4-5-8-27-17-10-15-6-7-16(11-17)18(15)24-21(26)19-20-23-13(2)9-14(3)25(20)12-22-19/h9,12,15-18H,4-8,10-11H2,1-3H3,(H,24,26)/t15-,16+,17-,18+. The van der Waals surface area contributed by atoms with Gasteiger partial charge in [-0.3, -0.25) is 9.20 Å². The largest absolute Gasteiger partial charge is 0.378 e.